The summed E-state index contributed by atoms with van der Waals surface area (Å²) in [5, 5.41) is 20.2. The van der Waals surface area contributed by atoms with Gasteiger partial charge >= 0.3 is 5.69 Å². The normalized spacial score (nSPS) is 19.1. The molecule has 1 aliphatic rings. The van der Waals surface area contributed by atoms with Crippen LogP contribution in [0.2, 0.25) is 0 Å². The minimum absolute atomic E-state index is 0.0726. The van der Waals surface area contributed by atoms with Crippen molar-refractivity contribution >= 4 is 11.6 Å². The van der Waals surface area contributed by atoms with Gasteiger partial charge in [0, 0.05) is 18.2 Å². The number of aliphatic hydroxyl groups excluding tert-OH is 1. The van der Waals surface area contributed by atoms with Crippen molar-refractivity contribution in [1.82, 2.24) is 4.90 Å². The van der Waals surface area contributed by atoms with Crippen molar-refractivity contribution in [2.24, 2.45) is 0 Å². The van der Waals surface area contributed by atoms with Gasteiger partial charge < -0.3 is 10.0 Å². The van der Waals surface area contributed by atoms with Crippen molar-refractivity contribution in [2.45, 2.75) is 31.7 Å². The Kier molecular flexibility index (Phi) is 4.85. The monoisotopic (exact) mass is 296 g/mol. The largest absolute Gasteiger partial charge is 0.394 e. The van der Waals surface area contributed by atoms with E-state index in [2.05, 4.69) is 0 Å². The molecule has 1 heterocycles. The van der Waals surface area contributed by atoms with Gasteiger partial charge in [-0.15, -0.1) is 0 Å². The highest BCUT2D eigenvalue weighted by molar-refractivity contribution is 5.95. The number of carbonyl (C=O) groups excluding carboxylic acids is 1. The van der Waals surface area contributed by atoms with E-state index in [1.54, 1.807) is 0 Å². The van der Waals surface area contributed by atoms with Crippen LogP contribution in [0.4, 0.5) is 10.1 Å². The van der Waals surface area contributed by atoms with Crippen molar-refractivity contribution in [3.05, 3.63) is 39.7 Å². The molecule has 0 radical (unpaired) electrons. The molecule has 1 atom stereocenters. The third kappa shape index (κ3) is 3.36. The molecule has 1 saturated heterocycles. The molecule has 114 valence electrons. The number of carbonyl (C=O) groups is 1. The lowest BCUT2D eigenvalue weighted by Gasteiger charge is -2.28. The van der Waals surface area contributed by atoms with E-state index in [1.807, 2.05) is 0 Å². The molecule has 1 aliphatic heterocycles. The van der Waals surface area contributed by atoms with Crippen LogP contribution in [-0.2, 0) is 0 Å². The van der Waals surface area contributed by atoms with Crippen molar-refractivity contribution in [3.8, 4) is 0 Å². The maximum absolute atomic E-state index is 13.3. The zero-order valence-corrected chi connectivity index (χ0v) is 11.5. The lowest BCUT2D eigenvalue weighted by molar-refractivity contribution is -0.387. The summed E-state index contributed by atoms with van der Waals surface area (Å²) in [7, 11) is 0. The number of nitro benzene ring substituents is 1. The van der Waals surface area contributed by atoms with E-state index in [1.165, 1.54) is 11.0 Å². The Bertz CT molecular complexity index is 550. The Hall–Kier alpha value is -2.02. The van der Waals surface area contributed by atoms with E-state index in [-0.39, 0.29) is 18.2 Å². The van der Waals surface area contributed by atoms with E-state index < -0.39 is 22.3 Å². The molecule has 1 fully saturated rings. The predicted octanol–water partition coefficient (Wildman–Crippen LogP) is 2.11. The average molecular weight is 296 g/mol. The Morgan fingerprint density at radius 3 is 2.86 bits per heavy atom. The van der Waals surface area contributed by atoms with Crippen LogP contribution < -0.4 is 0 Å². The lowest BCUT2D eigenvalue weighted by Crippen LogP contribution is -2.42. The first kappa shape index (κ1) is 15.4. The fourth-order valence-corrected chi connectivity index (χ4v) is 2.59. The molecule has 1 amide bonds. The number of benzene rings is 1. The summed E-state index contributed by atoms with van der Waals surface area (Å²) in [4.78, 5) is 23.9. The predicted molar refractivity (Wildman–Crippen MR) is 73.4 cm³/mol. The molecule has 7 heteroatoms. The quantitative estimate of drug-likeness (QED) is 0.684. The number of aliphatic hydroxyl groups is 1. The van der Waals surface area contributed by atoms with Gasteiger partial charge in [0.05, 0.1) is 17.6 Å². The third-order valence-electron chi connectivity index (χ3n) is 3.74. The molecule has 2 rings (SSSR count). The molecule has 1 aromatic rings. The summed E-state index contributed by atoms with van der Waals surface area (Å²) < 4.78 is 13.3. The van der Waals surface area contributed by atoms with Crippen LogP contribution in [0.1, 0.15) is 36.0 Å². The molecule has 0 saturated carbocycles. The highest BCUT2D eigenvalue weighted by Crippen LogP contribution is 2.23. The Morgan fingerprint density at radius 2 is 2.19 bits per heavy atom. The molecule has 0 bridgehead atoms. The van der Waals surface area contributed by atoms with Gasteiger partial charge in [0.2, 0.25) is 5.82 Å². The molecule has 21 heavy (non-hydrogen) atoms. The Balaban J connectivity index is 2.29. The molecular weight excluding hydrogens is 279 g/mol. The maximum atomic E-state index is 13.3. The number of likely N-dealkylation sites (tertiary alicyclic amines) is 1. The molecule has 0 aromatic heterocycles. The maximum Gasteiger partial charge on any atom is 0.305 e. The molecule has 6 nitrogen and oxygen atoms in total. The van der Waals surface area contributed by atoms with Crippen molar-refractivity contribution in [1.29, 1.82) is 0 Å². The van der Waals surface area contributed by atoms with Gasteiger partial charge in [-0.25, -0.2) is 0 Å². The van der Waals surface area contributed by atoms with Crippen LogP contribution in [0.25, 0.3) is 0 Å². The fourth-order valence-electron chi connectivity index (χ4n) is 2.59. The molecule has 0 spiro atoms. The van der Waals surface area contributed by atoms with E-state index in [0.717, 1.165) is 31.4 Å². The minimum atomic E-state index is -0.967. The lowest BCUT2D eigenvalue weighted by atomic mass is 10.1. The van der Waals surface area contributed by atoms with Crippen molar-refractivity contribution in [2.75, 3.05) is 13.2 Å². The zero-order chi connectivity index (χ0) is 15.4. The van der Waals surface area contributed by atoms with E-state index >= 15 is 0 Å². The summed E-state index contributed by atoms with van der Waals surface area (Å²) >= 11 is 0. The van der Waals surface area contributed by atoms with Gasteiger partial charge in [0.1, 0.15) is 0 Å². The second-order valence-corrected chi connectivity index (χ2v) is 5.11. The average Bonchev–Trinajstić information content (AvgIpc) is 2.71. The second kappa shape index (κ2) is 6.62. The highest BCUT2D eigenvalue weighted by atomic mass is 19.1. The summed E-state index contributed by atoms with van der Waals surface area (Å²) in [6.07, 6.45) is 3.43. The van der Waals surface area contributed by atoms with E-state index in [4.69, 9.17) is 0 Å². The first-order valence-electron chi connectivity index (χ1n) is 6.90. The van der Waals surface area contributed by atoms with Gasteiger partial charge in [-0.2, -0.15) is 4.39 Å². The van der Waals surface area contributed by atoms with E-state index in [0.29, 0.717) is 13.0 Å². The fraction of sp³-hybridized carbons (Fsp3) is 0.500. The van der Waals surface area contributed by atoms with Gasteiger partial charge in [0.25, 0.3) is 5.91 Å². The number of amides is 1. The zero-order valence-electron chi connectivity index (χ0n) is 11.5. The van der Waals surface area contributed by atoms with Gasteiger partial charge in [-0.05, 0) is 25.0 Å². The standard InChI is InChI=1S/C14H17FN2O4/c15-12-6-5-10(8-13(12)17(20)21)14(19)16-7-3-1-2-4-11(16)9-18/h5-6,8,11,18H,1-4,7,9H2. The van der Waals surface area contributed by atoms with E-state index in [9.17, 15) is 24.4 Å². The number of nitro groups is 1. The van der Waals surface area contributed by atoms with Crippen LogP contribution in [0.5, 0.6) is 0 Å². The molecule has 1 N–H and O–H groups in total. The van der Waals surface area contributed by atoms with Crippen molar-refractivity contribution < 1.29 is 19.2 Å². The molecular formula is C14H17FN2O4. The number of nitrogens with zero attached hydrogens (tertiary/aromatic N) is 2. The molecule has 1 aromatic carbocycles. The van der Waals surface area contributed by atoms with Crippen LogP contribution in [0, 0.1) is 15.9 Å². The number of halogens is 1. The van der Waals surface area contributed by atoms with Crippen molar-refractivity contribution in [3.63, 3.8) is 0 Å². The van der Waals surface area contributed by atoms with Gasteiger partial charge in [-0.3, -0.25) is 14.9 Å². The van der Waals surface area contributed by atoms with Crippen LogP contribution >= 0.6 is 0 Å². The number of rotatable bonds is 3. The smallest absolute Gasteiger partial charge is 0.305 e. The van der Waals surface area contributed by atoms with Gasteiger partial charge in [-0.1, -0.05) is 12.8 Å². The van der Waals surface area contributed by atoms with Crippen LogP contribution in [-0.4, -0.2) is 40.0 Å². The first-order valence-corrected chi connectivity index (χ1v) is 6.90. The minimum Gasteiger partial charge on any atom is -0.394 e. The summed E-state index contributed by atoms with van der Waals surface area (Å²) in [6.45, 7) is 0.351. The summed E-state index contributed by atoms with van der Waals surface area (Å²) in [5.41, 5.74) is -0.639. The Morgan fingerprint density at radius 1 is 1.43 bits per heavy atom. The third-order valence-corrected chi connectivity index (χ3v) is 3.74. The molecule has 1 unspecified atom stereocenters. The topological polar surface area (TPSA) is 83.7 Å². The summed E-state index contributed by atoms with van der Waals surface area (Å²) in [5.74, 6) is -1.37. The SMILES string of the molecule is O=C(c1ccc(F)c([N+](=O)[O-])c1)N1CCCCCC1CO. The van der Waals surface area contributed by atoms with Crippen LogP contribution in [0.3, 0.4) is 0 Å². The first-order chi connectivity index (χ1) is 10.0. The van der Waals surface area contributed by atoms with Gasteiger partial charge in [0.15, 0.2) is 0 Å². The number of hydrogen-bond donors (Lipinski definition) is 1. The second-order valence-electron chi connectivity index (χ2n) is 5.11. The summed E-state index contributed by atoms with van der Waals surface area (Å²) in [6, 6.07) is 2.84. The Labute approximate surface area is 121 Å². The van der Waals surface area contributed by atoms with Crippen LogP contribution in [0.15, 0.2) is 18.2 Å². The highest BCUT2D eigenvalue weighted by Gasteiger charge is 2.27. The number of hydrogen-bond acceptors (Lipinski definition) is 4. The molecule has 0 aliphatic carbocycles.